The van der Waals surface area contributed by atoms with E-state index in [0.717, 1.165) is 5.56 Å². The molecule has 0 saturated carbocycles. The molecular formula is C12H11NO3S. The summed E-state index contributed by atoms with van der Waals surface area (Å²) in [4.78, 5) is 24.6. The Kier molecular flexibility index (Phi) is 2.19. The Hall–Kier alpha value is -1.49. The molecule has 0 bridgehead atoms. The molecule has 2 fully saturated rings. The number of hydrogen-bond acceptors (Lipinski definition) is 3. The van der Waals surface area contributed by atoms with Gasteiger partial charge in [0.05, 0.1) is 18.3 Å². The Morgan fingerprint density at radius 2 is 2.12 bits per heavy atom. The number of nitrogens with zero attached hydrogens (tertiary/aromatic N) is 1. The lowest BCUT2D eigenvalue weighted by Gasteiger charge is -2.32. The Balaban J connectivity index is 2.02. The van der Waals surface area contributed by atoms with Gasteiger partial charge in [0, 0.05) is 0 Å². The molecular weight excluding hydrogens is 238 g/mol. The quantitative estimate of drug-likeness (QED) is 0.802. The summed E-state index contributed by atoms with van der Waals surface area (Å²) in [6.45, 7) is 0.278. The van der Waals surface area contributed by atoms with Crippen molar-refractivity contribution in [3.63, 3.8) is 0 Å². The average Bonchev–Trinajstić information content (AvgIpc) is 2.65. The van der Waals surface area contributed by atoms with Crippen LogP contribution in [0.4, 0.5) is 0 Å². The smallest absolute Gasteiger partial charge is 0.326 e. The number of carboxylic acids is 1. The molecule has 1 aromatic carbocycles. The maximum absolute atomic E-state index is 11.6. The first-order valence-corrected chi connectivity index (χ1v) is 6.28. The van der Waals surface area contributed by atoms with Gasteiger partial charge >= 0.3 is 5.97 Å². The van der Waals surface area contributed by atoms with E-state index in [4.69, 9.17) is 0 Å². The summed E-state index contributed by atoms with van der Waals surface area (Å²) >= 11 is 1.38. The van der Waals surface area contributed by atoms with Crippen LogP contribution in [0.1, 0.15) is 12.0 Å². The van der Waals surface area contributed by atoms with E-state index in [0.29, 0.717) is 6.42 Å². The standard InChI is InChI=1S/C12H11NO3S/c14-9-6-10-13(9)7-12(17-10,11(15)16)8-4-2-1-3-5-8/h1-5,10H,6-7H2,(H,15,16)/t10-,12?/m1/s1. The Morgan fingerprint density at radius 1 is 1.41 bits per heavy atom. The molecule has 0 aliphatic carbocycles. The summed E-state index contributed by atoms with van der Waals surface area (Å²) in [7, 11) is 0. The van der Waals surface area contributed by atoms with Gasteiger partial charge in [0.1, 0.15) is 0 Å². The van der Waals surface area contributed by atoms with Crippen LogP contribution < -0.4 is 0 Å². The van der Waals surface area contributed by atoms with E-state index < -0.39 is 10.7 Å². The van der Waals surface area contributed by atoms with E-state index in [9.17, 15) is 14.7 Å². The lowest BCUT2D eigenvalue weighted by Crippen LogP contribution is -2.48. The van der Waals surface area contributed by atoms with Crippen LogP contribution in [0.2, 0.25) is 0 Å². The summed E-state index contributed by atoms with van der Waals surface area (Å²) in [6, 6.07) is 9.16. The molecule has 0 radical (unpaired) electrons. The van der Waals surface area contributed by atoms with Crippen molar-refractivity contribution >= 4 is 23.6 Å². The van der Waals surface area contributed by atoms with Crippen LogP contribution in [0.5, 0.6) is 0 Å². The number of thioether (sulfide) groups is 1. The minimum atomic E-state index is -0.988. The molecule has 4 nitrogen and oxygen atoms in total. The number of β-lactam (4-membered cyclic amide) rings is 1. The van der Waals surface area contributed by atoms with Crippen molar-refractivity contribution in [2.24, 2.45) is 0 Å². The van der Waals surface area contributed by atoms with Gasteiger partial charge in [-0.15, -0.1) is 11.8 Å². The molecule has 3 rings (SSSR count). The van der Waals surface area contributed by atoms with E-state index in [2.05, 4.69) is 0 Å². The first-order chi connectivity index (χ1) is 8.13. The summed E-state index contributed by atoms with van der Waals surface area (Å²) in [5, 5.41) is 9.55. The molecule has 0 spiro atoms. The fraction of sp³-hybridized carbons (Fsp3) is 0.333. The summed E-state index contributed by atoms with van der Waals surface area (Å²) < 4.78 is -0.988. The average molecular weight is 249 g/mol. The van der Waals surface area contributed by atoms with Crippen LogP contribution in [0, 0.1) is 0 Å². The zero-order valence-electron chi connectivity index (χ0n) is 9.00. The van der Waals surface area contributed by atoms with Crippen molar-refractivity contribution in [2.45, 2.75) is 16.5 Å². The Labute approximate surface area is 103 Å². The van der Waals surface area contributed by atoms with Gasteiger partial charge in [-0.05, 0) is 5.56 Å². The Bertz CT molecular complexity index is 490. The summed E-state index contributed by atoms with van der Waals surface area (Å²) in [5.74, 6) is -0.808. The van der Waals surface area contributed by atoms with Crippen LogP contribution in [-0.4, -0.2) is 33.8 Å². The second kappa shape index (κ2) is 3.50. The van der Waals surface area contributed by atoms with Gasteiger partial charge < -0.3 is 10.0 Å². The molecule has 2 heterocycles. The first kappa shape index (κ1) is 10.7. The molecule has 1 N–H and O–H groups in total. The molecule has 2 saturated heterocycles. The third kappa shape index (κ3) is 1.38. The van der Waals surface area contributed by atoms with Gasteiger partial charge in [0.15, 0.2) is 4.75 Å². The molecule has 2 aliphatic heterocycles. The van der Waals surface area contributed by atoms with Crippen molar-refractivity contribution in [3.05, 3.63) is 35.9 Å². The minimum Gasteiger partial charge on any atom is -0.480 e. The number of carbonyl (C=O) groups excluding carboxylic acids is 1. The van der Waals surface area contributed by atoms with Crippen LogP contribution >= 0.6 is 11.8 Å². The topological polar surface area (TPSA) is 57.6 Å². The van der Waals surface area contributed by atoms with Crippen LogP contribution in [0.15, 0.2) is 30.3 Å². The number of amides is 1. The molecule has 1 aromatic rings. The lowest BCUT2D eigenvalue weighted by atomic mass is 9.96. The number of hydrogen-bond donors (Lipinski definition) is 1. The number of benzene rings is 1. The number of aliphatic carboxylic acids is 1. The lowest BCUT2D eigenvalue weighted by molar-refractivity contribution is -0.144. The maximum atomic E-state index is 11.6. The predicted molar refractivity (Wildman–Crippen MR) is 63.5 cm³/mol. The SMILES string of the molecule is O=C1C[C@H]2SC(C(=O)O)(c3ccccc3)CN12. The van der Waals surface area contributed by atoms with Gasteiger partial charge in [-0.1, -0.05) is 30.3 Å². The van der Waals surface area contributed by atoms with Crippen LogP contribution in [-0.2, 0) is 14.3 Å². The zero-order valence-corrected chi connectivity index (χ0v) is 9.81. The molecule has 1 amide bonds. The fourth-order valence-electron chi connectivity index (χ4n) is 2.34. The van der Waals surface area contributed by atoms with Gasteiger partial charge in [-0.25, -0.2) is 0 Å². The van der Waals surface area contributed by atoms with Crippen molar-refractivity contribution in [2.75, 3.05) is 6.54 Å². The van der Waals surface area contributed by atoms with E-state index in [1.165, 1.54) is 11.8 Å². The van der Waals surface area contributed by atoms with Crippen molar-refractivity contribution in [1.29, 1.82) is 0 Å². The monoisotopic (exact) mass is 249 g/mol. The van der Waals surface area contributed by atoms with E-state index in [-0.39, 0.29) is 17.8 Å². The van der Waals surface area contributed by atoms with E-state index in [1.807, 2.05) is 30.3 Å². The van der Waals surface area contributed by atoms with Crippen molar-refractivity contribution in [1.82, 2.24) is 4.90 Å². The third-order valence-corrected chi connectivity index (χ3v) is 4.97. The highest BCUT2D eigenvalue weighted by Crippen LogP contribution is 2.52. The number of rotatable bonds is 2. The van der Waals surface area contributed by atoms with E-state index in [1.54, 1.807) is 4.90 Å². The van der Waals surface area contributed by atoms with E-state index >= 15 is 0 Å². The maximum Gasteiger partial charge on any atom is 0.326 e. The Morgan fingerprint density at radius 3 is 2.65 bits per heavy atom. The highest BCUT2D eigenvalue weighted by Gasteiger charge is 2.57. The number of carboxylic acid groups (broad SMARTS) is 1. The van der Waals surface area contributed by atoms with Crippen molar-refractivity contribution in [3.8, 4) is 0 Å². The predicted octanol–water partition coefficient (Wildman–Crippen LogP) is 1.27. The van der Waals surface area contributed by atoms with Crippen molar-refractivity contribution < 1.29 is 14.7 Å². The highest BCUT2D eigenvalue weighted by atomic mass is 32.2. The van der Waals surface area contributed by atoms with Gasteiger partial charge in [-0.2, -0.15) is 0 Å². The minimum absolute atomic E-state index is 0.0406. The summed E-state index contributed by atoms with van der Waals surface area (Å²) in [5.41, 5.74) is 0.764. The second-order valence-corrected chi connectivity index (χ2v) is 5.77. The van der Waals surface area contributed by atoms with Gasteiger partial charge in [0.2, 0.25) is 5.91 Å². The largest absolute Gasteiger partial charge is 0.480 e. The highest BCUT2D eigenvalue weighted by molar-refractivity contribution is 8.01. The van der Waals surface area contributed by atoms with Crippen LogP contribution in [0.3, 0.4) is 0 Å². The molecule has 0 aromatic heterocycles. The molecule has 2 atom stereocenters. The zero-order chi connectivity index (χ0) is 12.0. The first-order valence-electron chi connectivity index (χ1n) is 5.40. The third-order valence-electron chi connectivity index (χ3n) is 3.33. The number of carbonyl (C=O) groups is 2. The van der Waals surface area contributed by atoms with Gasteiger partial charge in [0.25, 0.3) is 0 Å². The van der Waals surface area contributed by atoms with Gasteiger partial charge in [-0.3, -0.25) is 9.59 Å². The molecule has 88 valence electrons. The fourth-order valence-corrected chi connectivity index (χ4v) is 3.93. The van der Waals surface area contributed by atoms with Crippen LogP contribution in [0.25, 0.3) is 0 Å². The molecule has 5 heteroatoms. The molecule has 2 aliphatic rings. The summed E-state index contributed by atoms with van der Waals surface area (Å²) in [6.07, 6.45) is 0.465. The second-order valence-electron chi connectivity index (χ2n) is 4.30. The molecule has 17 heavy (non-hydrogen) atoms. The normalized spacial score (nSPS) is 30.9. The molecule has 1 unspecified atom stereocenters. The number of fused-ring (bicyclic) bond motifs is 1.